The van der Waals surface area contributed by atoms with E-state index in [9.17, 15) is 0 Å². The van der Waals surface area contributed by atoms with E-state index >= 15 is 0 Å². The van der Waals surface area contributed by atoms with Crippen LogP contribution in [0.15, 0.2) is 10.5 Å². The van der Waals surface area contributed by atoms with E-state index in [0.717, 1.165) is 0 Å². The molecule has 0 spiro atoms. The molecule has 0 aromatic rings. The van der Waals surface area contributed by atoms with Crippen molar-refractivity contribution in [1.29, 1.82) is 0 Å². The predicted molar refractivity (Wildman–Crippen MR) is 23.9 cm³/mol. The average molecular weight is 141 g/mol. The molecule has 2 heteroatoms. The minimum atomic E-state index is 1.39. The fourth-order valence-electron chi connectivity index (χ4n) is 0. The van der Waals surface area contributed by atoms with Gasteiger partial charge < -0.3 is 0 Å². The van der Waals surface area contributed by atoms with Crippen LogP contribution in [0.25, 0.3) is 0 Å². The van der Waals surface area contributed by atoms with Crippen molar-refractivity contribution in [2.45, 2.75) is 0 Å². The molecule has 0 aromatic carbocycles. The van der Waals surface area contributed by atoms with E-state index in [1.165, 1.54) is 5.54 Å². The maximum absolute atomic E-state index is 4.96. The molecular formula is C2H2BrCl. The van der Waals surface area contributed by atoms with Gasteiger partial charge in [0.15, 0.2) is 0 Å². The Labute approximate surface area is 38.6 Å². The van der Waals surface area contributed by atoms with Gasteiger partial charge in [-0.1, -0.05) is 27.5 Å². The molecular weight excluding hydrogens is 139 g/mol. The summed E-state index contributed by atoms with van der Waals surface area (Å²) < 4.78 is 0. The Balaban J connectivity index is 2.55. The third-order valence-electron chi connectivity index (χ3n) is 0.0476. The van der Waals surface area contributed by atoms with Crippen molar-refractivity contribution < 1.29 is 0 Å². The van der Waals surface area contributed by atoms with Crippen LogP contribution in [0.1, 0.15) is 0 Å². The number of halogens is 2. The van der Waals surface area contributed by atoms with Gasteiger partial charge >= 0.3 is 0 Å². The summed E-state index contributed by atoms with van der Waals surface area (Å²) in [5.74, 6) is 0. The fourth-order valence-corrected chi connectivity index (χ4v) is 0. The molecule has 0 fully saturated rings. The predicted octanol–water partition coefficient (Wildman–Crippen LogP) is 2.09. The van der Waals surface area contributed by atoms with E-state index in [2.05, 4.69) is 15.9 Å². The Morgan fingerprint density at radius 3 is 2.00 bits per heavy atom. The summed E-state index contributed by atoms with van der Waals surface area (Å²) >= 11 is 7.89. The lowest BCUT2D eigenvalue weighted by Crippen LogP contribution is -1.09. The summed E-state index contributed by atoms with van der Waals surface area (Å²) in [5.41, 5.74) is 1.39. The number of hydrogen-bond acceptors (Lipinski definition) is 0. The van der Waals surface area contributed by atoms with E-state index in [0.29, 0.717) is 0 Å². The van der Waals surface area contributed by atoms with Crippen LogP contribution in [-0.4, -0.2) is 0 Å². The van der Waals surface area contributed by atoms with Gasteiger partial charge in [0.1, 0.15) is 0 Å². The van der Waals surface area contributed by atoms with Crippen LogP contribution in [0.2, 0.25) is 0 Å². The van der Waals surface area contributed by atoms with E-state index in [4.69, 9.17) is 11.6 Å². The number of hydrogen-bond donors (Lipinski definition) is 0. The molecule has 24 valence electrons. The summed E-state index contributed by atoms with van der Waals surface area (Å²) in [6.07, 6.45) is 0. The van der Waals surface area contributed by atoms with Crippen molar-refractivity contribution in [2.24, 2.45) is 0 Å². The van der Waals surface area contributed by atoms with E-state index in [1.54, 1.807) is 4.99 Å². The molecule has 0 aliphatic carbocycles. The van der Waals surface area contributed by atoms with Crippen molar-refractivity contribution in [1.82, 2.24) is 0 Å². The zero-order chi connectivity index (χ0) is 3.41. The van der Waals surface area contributed by atoms with Gasteiger partial charge in [-0.2, -0.15) is 0 Å². The topological polar surface area (TPSA) is 0 Å². The van der Waals surface area contributed by atoms with Crippen LogP contribution in [-0.2, 0) is 0 Å². The van der Waals surface area contributed by atoms with Gasteiger partial charge in [0.2, 0.25) is 0 Å². The summed E-state index contributed by atoms with van der Waals surface area (Å²) in [6, 6.07) is 0. The molecule has 0 aliphatic heterocycles. The standard InChI is InChI=1S/C2H2BrCl/c3-1-2-4/h1-2H/b2-1+. The first-order valence-corrected chi connectivity index (χ1v) is 2.12. The molecule has 0 heterocycles. The monoisotopic (exact) mass is 140 g/mol. The lowest BCUT2D eigenvalue weighted by atomic mass is 11.3. The summed E-state index contributed by atoms with van der Waals surface area (Å²) in [4.78, 5) is 1.58. The first-order valence-electron chi connectivity index (χ1n) is 0.770. The third-order valence-corrected chi connectivity index (χ3v) is 0.742. The second-order valence-electron chi connectivity index (χ2n) is 0.252. The Kier molecular flexibility index (Phi) is 3.96. The van der Waals surface area contributed by atoms with Crippen LogP contribution >= 0.6 is 27.5 Å². The lowest BCUT2D eigenvalue weighted by Gasteiger charge is -1.44. The van der Waals surface area contributed by atoms with Gasteiger partial charge in [0.05, 0.1) is 0 Å². The summed E-state index contributed by atoms with van der Waals surface area (Å²) in [6.45, 7) is 0. The van der Waals surface area contributed by atoms with Crippen LogP contribution in [0.4, 0.5) is 0 Å². The van der Waals surface area contributed by atoms with Gasteiger partial charge in [0.25, 0.3) is 0 Å². The van der Waals surface area contributed by atoms with Crippen molar-refractivity contribution >= 4 is 27.5 Å². The molecule has 0 aliphatic rings. The minimum Gasteiger partial charge on any atom is -0.0924 e. The van der Waals surface area contributed by atoms with Crippen molar-refractivity contribution in [2.75, 3.05) is 0 Å². The molecule has 0 bridgehead atoms. The van der Waals surface area contributed by atoms with Gasteiger partial charge in [-0.3, -0.25) is 0 Å². The van der Waals surface area contributed by atoms with Gasteiger partial charge in [-0.15, -0.1) is 0 Å². The van der Waals surface area contributed by atoms with Crippen LogP contribution in [0, 0.1) is 0 Å². The van der Waals surface area contributed by atoms with Crippen LogP contribution in [0.5, 0.6) is 0 Å². The molecule has 0 atom stereocenters. The maximum atomic E-state index is 4.96. The number of rotatable bonds is 0. The Bertz CT molecular complexity index is 21.2. The smallest absolute Gasteiger partial charge is 0.0112 e. The normalized spacial score (nSPS) is 9.50. The van der Waals surface area contributed by atoms with Gasteiger partial charge in [-0.05, 0) is 4.99 Å². The van der Waals surface area contributed by atoms with Crippen molar-refractivity contribution in [3.05, 3.63) is 10.5 Å². The summed E-state index contributed by atoms with van der Waals surface area (Å²) in [5, 5.41) is 0. The zero-order valence-electron chi connectivity index (χ0n) is 1.91. The molecule has 0 nitrogen and oxygen atoms in total. The zero-order valence-corrected chi connectivity index (χ0v) is 4.25. The average Bonchev–Trinajstić information content (AvgIpc) is 1.37. The fraction of sp³-hybridized carbons (Fsp3) is 0. The summed E-state index contributed by atoms with van der Waals surface area (Å²) in [7, 11) is 0. The highest BCUT2D eigenvalue weighted by atomic mass is 79.9. The first-order chi connectivity index (χ1) is 1.91. The molecule has 0 amide bonds. The minimum absolute atomic E-state index is 1.39. The quantitative estimate of drug-likeness (QED) is 0.485. The largest absolute Gasteiger partial charge is 0.0924 e. The molecule has 0 saturated heterocycles. The third kappa shape index (κ3) is 2.51. The lowest BCUT2D eigenvalue weighted by molar-refractivity contribution is 2.57. The second kappa shape index (κ2) is 3.51. The molecule has 0 radical (unpaired) electrons. The highest BCUT2D eigenvalue weighted by Crippen LogP contribution is 1.82. The molecule has 0 rings (SSSR count). The van der Waals surface area contributed by atoms with Crippen molar-refractivity contribution in [3.63, 3.8) is 0 Å². The van der Waals surface area contributed by atoms with E-state index in [1.807, 2.05) is 0 Å². The highest BCUT2D eigenvalue weighted by molar-refractivity contribution is 9.11. The maximum Gasteiger partial charge on any atom is 0.0112 e. The van der Waals surface area contributed by atoms with Crippen LogP contribution in [0.3, 0.4) is 0 Å². The molecule has 0 aromatic heterocycles. The second-order valence-corrected chi connectivity index (χ2v) is 1.03. The van der Waals surface area contributed by atoms with E-state index in [-0.39, 0.29) is 0 Å². The van der Waals surface area contributed by atoms with Crippen molar-refractivity contribution in [3.8, 4) is 0 Å². The Morgan fingerprint density at radius 1 is 1.75 bits per heavy atom. The van der Waals surface area contributed by atoms with Gasteiger partial charge in [-0.25, -0.2) is 0 Å². The molecule has 0 unspecified atom stereocenters. The highest BCUT2D eigenvalue weighted by Gasteiger charge is 1.39. The van der Waals surface area contributed by atoms with Gasteiger partial charge in [0, 0.05) is 5.54 Å². The first kappa shape index (κ1) is 4.51. The molecule has 0 saturated carbocycles. The Morgan fingerprint density at radius 2 is 2.00 bits per heavy atom. The molecule has 4 heavy (non-hydrogen) atoms. The SMILES string of the molecule is Cl/C=C/Br. The molecule has 0 N–H and O–H groups in total. The Hall–Kier alpha value is 0.510. The van der Waals surface area contributed by atoms with Crippen LogP contribution < -0.4 is 0 Å². The van der Waals surface area contributed by atoms with E-state index < -0.39 is 0 Å².